The molecule has 2 aromatic heterocycles. The van der Waals surface area contributed by atoms with Gasteiger partial charge < -0.3 is 29.2 Å². The minimum atomic E-state index is -1.43. The van der Waals surface area contributed by atoms with E-state index in [4.69, 9.17) is 18.9 Å². The maximum Gasteiger partial charge on any atom is 0.280 e. The van der Waals surface area contributed by atoms with E-state index in [1.165, 1.54) is 10.9 Å². The number of aliphatic hydroxyl groups is 2. The van der Waals surface area contributed by atoms with Crippen molar-refractivity contribution in [2.75, 3.05) is 26.1 Å². The average molecular weight is 670 g/mol. The fourth-order valence-electron chi connectivity index (χ4n) is 5.97. The first-order valence-corrected chi connectivity index (χ1v) is 16.0. The number of nitrogens with one attached hydrogen (secondary N) is 2. The van der Waals surface area contributed by atoms with Crippen molar-refractivity contribution < 1.29 is 34.0 Å². The molecule has 13 heteroatoms. The summed E-state index contributed by atoms with van der Waals surface area (Å²) in [6.45, 7) is 3.48. The minimum Gasteiger partial charge on any atom is -0.497 e. The number of H-pyrrole nitrogens is 1. The number of methoxy groups -OCH3 is 2. The highest BCUT2D eigenvalue weighted by Crippen LogP contribution is 2.43. The van der Waals surface area contributed by atoms with Crippen LogP contribution >= 0.6 is 0 Å². The van der Waals surface area contributed by atoms with E-state index in [0.717, 1.165) is 16.7 Å². The molecule has 0 radical (unpaired) electrons. The van der Waals surface area contributed by atoms with Crippen LogP contribution in [-0.4, -0.2) is 74.8 Å². The molecule has 1 saturated heterocycles. The zero-order valence-corrected chi connectivity index (χ0v) is 27.6. The third-order valence-corrected chi connectivity index (χ3v) is 8.98. The topological polar surface area (TPSA) is 170 Å². The lowest BCUT2D eigenvalue weighted by Crippen LogP contribution is -2.39. The van der Waals surface area contributed by atoms with Crippen molar-refractivity contribution in [3.63, 3.8) is 0 Å². The second kappa shape index (κ2) is 14.2. The molecule has 0 saturated carbocycles. The number of amides is 1. The van der Waals surface area contributed by atoms with Crippen molar-refractivity contribution >= 4 is 23.0 Å². The summed E-state index contributed by atoms with van der Waals surface area (Å²) in [5, 5.41) is 25.2. The van der Waals surface area contributed by atoms with E-state index in [2.05, 4.69) is 20.3 Å². The summed E-state index contributed by atoms with van der Waals surface area (Å²) in [6, 6.07) is 24.7. The van der Waals surface area contributed by atoms with Crippen LogP contribution in [0.5, 0.6) is 11.5 Å². The zero-order valence-electron chi connectivity index (χ0n) is 27.6. The number of nitrogens with zero attached hydrogens (tertiary/aromatic N) is 3. The Bertz CT molecular complexity index is 1900. The molecular formula is C36H39N5O8. The van der Waals surface area contributed by atoms with Gasteiger partial charge in [0.1, 0.15) is 35.4 Å². The van der Waals surface area contributed by atoms with Gasteiger partial charge in [0.15, 0.2) is 17.4 Å². The number of aromatic nitrogens is 4. The number of imidazole rings is 1. The summed E-state index contributed by atoms with van der Waals surface area (Å²) in [4.78, 5) is 36.5. The maximum absolute atomic E-state index is 12.8. The Hall–Kier alpha value is -5.08. The smallest absolute Gasteiger partial charge is 0.280 e. The summed E-state index contributed by atoms with van der Waals surface area (Å²) in [7, 11) is 3.19. The molecule has 6 rings (SSSR count). The molecule has 5 atom stereocenters. The van der Waals surface area contributed by atoms with Gasteiger partial charge in [0.25, 0.3) is 5.56 Å². The Morgan fingerprint density at radius 3 is 2.12 bits per heavy atom. The molecule has 5 unspecified atom stereocenters. The van der Waals surface area contributed by atoms with Crippen molar-refractivity contribution in [2.24, 2.45) is 5.92 Å². The first-order valence-electron chi connectivity index (χ1n) is 16.0. The number of carbonyl (C=O) groups is 1. The Morgan fingerprint density at radius 2 is 1.55 bits per heavy atom. The molecule has 3 aromatic carbocycles. The van der Waals surface area contributed by atoms with E-state index in [1.54, 1.807) is 21.1 Å². The van der Waals surface area contributed by atoms with Crippen LogP contribution in [-0.2, 0) is 19.9 Å². The Balaban J connectivity index is 1.35. The van der Waals surface area contributed by atoms with Gasteiger partial charge in [-0.3, -0.25) is 24.5 Å². The molecule has 0 spiro atoms. The Kier molecular flexibility index (Phi) is 9.79. The van der Waals surface area contributed by atoms with Crippen LogP contribution in [0.2, 0.25) is 0 Å². The third kappa shape index (κ3) is 6.41. The molecule has 13 nitrogen and oxygen atoms in total. The Morgan fingerprint density at radius 1 is 0.959 bits per heavy atom. The number of ether oxygens (including phenoxy) is 4. The number of aromatic amines is 1. The van der Waals surface area contributed by atoms with Crippen molar-refractivity contribution in [3.05, 3.63) is 112 Å². The lowest BCUT2D eigenvalue weighted by Gasteiger charge is -2.37. The SMILES string of the molecule is CCC(C)C(=O)Nc1nc2c(ncn2C2OC(COC(c3ccccc3)(c3ccc(OC)cc3)c3ccc(OC)cc3)C(O)C2O)c(=O)[nH]1. The van der Waals surface area contributed by atoms with Gasteiger partial charge in [0, 0.05) is 5.92 Å². The van der Waals surface area contributed by atoms with Crippen LogP contribution in [0, 0.1) is 5.92 Å². The lowest BCUT2D eigenvalue weighted by molar-refractivity contribution is -0.119. The van der Waals surface area contributed by atoms with Gasteiger partial charge in [-0.2, -0.15) is 4.98 Å². The molecule has 0 bridgehead atoms. The van der Waals surface area contributed by atoms with Gasteiger partial charge in [0.05, 0.1) is 27.2 Å². The molecule has 1 amide bonds. The molecule has 3 heterocycles. The first-order chi connectivity index (χ1) is 23.7. The lowest BCUT2D eigenvalue weighted by atomic mass is 9.80. The largest absolute Gasteiger partial charge is 0.497 e. The molecule has 0 aliphatic carbocycles. The molecule has 49 heavy (non-hydrogen) atoms. The number of anilines is 1. The Labute approximate surface area is 282 Å². The van der Waals surface area contributed by atoms with Crippen LogP contribution in [0.3, 0.4) is 0 Å². The fraction of sp³-hybridized carbons (Fsp3) is 0.333. The quantitative estimate of drug-likeness (QED) is 0.144. The molecule has 5 aromatic rings. The van der Waals surface area contributed by atoms with E-state index in [0.29, 0.717) is 17.9 Å². The van der Waals surface area contributed by atoms with Crippen molar-refractivity contribution in [3.8, 4) is 11.5 Å². The van der Waals surface area contributed by atoms with E-state index in [9.17, 15) is 19.8 Å². The second-order valence-corrected chi connectivity index (χ2v) is 11.9. The molecular weight excluding hydrogens is 630 g/mol. The number of carbonyl (C=O) groups excluding carboxylic acids is 1. The average Bonchev–Trinajstić information content (AvgIpc) is 3.68. The monoisotopic (exact) mass is 669 g/mol. The number of hydrogen-bond acceptors (Lipinski definition) is 10. The molecule has 1 aliphatic rings. The zero-order chi connectivity index (χ0) is 34.7. The minimum absolute atomic E-state index is 0.0198. The van der Waals surface area contributed by atoms with Gasteiger partial charge in [-0.15, -0.1) is 0 Å². The molecule has 256 valence electrons. The van der Waals surface area contributed by atoms with Crippen molar-refractivity contribution in [2.45, 2.75) is 50.4 Å². The van der Waals surface area contributed by atoms with E-state index in [-0.39, 0.29) is 35.5 Å². The van der Waals surface area contributed by atoms with Crippen molar-refractivity contribution in [1.29, 1.82) is 0 Å². The number of fused-ring (bicyclic) bond motifs is 1. The highest BCUT2D eigenvalue weighted by molar-refractivity contribution is 5.91. The predicted molar refractivity (Wildman–Crippen MR) is 180 cm³/mol. The van der Waals surface area contributed by atoms with Gasteiger partial charge in [0.2, 0.25) is 11.9 Å². The summed E-state index contributed by atoms with van der Waals surface area (Å²) >= 11 is 0. The van der Waals surface area contributed by atoms with Gasteiger partial charge in [-0.25, -0.2) is 4.98 Å². The van der Waals surface area contributed by atoms with E-state index < -0.39 is 35.7 Å². The molecule has 4 N–H and O–H groups in total. The number of rotatable bonds is 12. The van der Waals surface area contributed by atoms with Gasteiger partial charge in [-0.05, 0) is 47.4 Å². The highest BCUT2D eigenvalue weighted by Gasteiger charge is 2.47. The summed E-state index contributed by atoms with van der Waals surface area (Å²) in [6.07, 6.45) is -3.09. The maximum atomic E-state index is 12.8. The molecule has 1 aliphatic heterocycles. The number of benzene rings is 3. The predicted octanol–water partition coefficient (Wildman–Crippen LogP) is 3.75. The van der Waals surface area contributed by atoms with Crippen LogP contribution in [0.25, 0.3) is 11.2 Å². The standard InChI is InChI=1S/C36H39N5O8/c1-5-21(2)32(44)39-35-38-31-28(33(45)40-35)37-20-41(31)34-30(43)29(42)27(49-34)19-48-36(22-9-7-6-8-10-22,23-11-15-25(46-3)16-12-23)24-13-17-26(47-4)18-14-24/h6-18,20-21,27,29-30,34,42-43H,5,19H2,1-4H3,(H2,38,39,40,44,45). The number of aliphatic hydroxyl groups excluding tert-OH is 2. The highest BCUT2D eigenvalue weighted by atomic mass is 16.6. The fourth-order valence-corrected chi connectivity index (χ4v) is 5.97. The van der Waals surface area contributed by atoms with E-state index in [1.807, 2.05) is 85.8 Å². The normalized spacial score (nSPS) is 19.9. The summed E-state index contributed by atoms with van der Waals surface area (Å²) < 4.78 is 25.4. The summed E-state index contributed by atoms with van der Waals surface area (Å²) in [5.74, 6) is 0.660. The van der Waals surface area contributed by atoms with Crippen LogP contribution in [0.4, 0.5) is 5.95 Å². The number of hydrogen-bond donors (Lipinski definition) is 4. The first kappa shape index (κ1) is 33.8. The van der Waals surface area contributed by atoms with E-state index >= 15 is 0 Å². The van der Waals surface area contributed by atoms with Gasteiger partial charge >= 0.3 is 0 Å². The second-order valence-electron chi connectivity index (χ2n) is 11.9. The van der Waals surface area contributed by atoms with Gasteiger partial charge in [-0.1, -0.05) is 68.4 Å². The van der Waals surface area contributed by atoms with Crippen LogP contribution in [0.1, 0.15) is 43.2 Å². The van der Waals surface area contributed by atoms with Crippen LogP contribution < -0.4 is 20.3 Å². The van der Waals surface area contributed by atoms with Crippen LogP contribution in [0.15, 0.2) is 90.0 Å². The summed E-state index contributed by atoms with van der Waals surface area (Å²) in [5.41, 5.74) is 0.652. The third-order valence-electron chi connectivity index (χ3n) is 8.98. The molecule has 1 fully saturated rings. The van der Waals surface area contributed by atoms with Crippen molar-refractivity contribution in [1.82, 2.24) is 19.5 Å².